The normalized spacial score (nSPS) is 10.4. The van der Waals surface area contributed by atoms with Crippen LogP contribution in [0.1, 0.15) is 18.1 Å². The predicted octanol–water partition coefficient (Wildman–Crippen LogP) is 3.35. The maximum absolute atomic E-state index is 5.60. The molecule has 0 aliphatic rings. The summed E-state index contributed by atoms with van der Waals surface area (Å²) in [6.07, 6.45) is 0. The molecule has 0 saturated carbocycles. The molecule has 1 N–H and O–H groups in total. The van der Waals surface area contributed by atoms with Gasteiger partial charge < -0.3 is 14.8 Å². The van der Waals surface area contributed by atoms with Gasteiger partial charge in [0.25, 0.3) is 0 Å². The number of hydrogen-bond donors (Lipinski definition) is 1. The fraction of sp³-hybridized carbons (Fsp3) is 0.294. The third-order valence-electron chi connectivity index (χ3n) is 2.90. The summed E-state index contributed by atoms with van der Waals surface area (Å²) < 4.78 is 11.1. The zero-order valence-electron chi connectivity index (χ0n) is 11.8. The SMILES string of the molecule is CCNCc1cccc(OCOCc2ccccc2)c1. The third kappa shape index (κ3) is 5.03. The van der Waals surface area contributed by atoms with E-state index in [1.807, 2.05) is 48.5 Å². The van der Waals surface area contributed by atoms with Crippen molar-refractivity contribution in [1.29, 1.82) is 0 Å². The van der Waals surface area contributed by atoms with E-state index >= 15 is 0 Å². The molecule has 0 fully saturated rings. The second-order valence-corrected chi connectivity index (χ2v) is 4.52. The molecule has 0 heterocycles. The topological polar surface area (TPSA) is 30.5 Å². The molecule has 0 atom stereocenters. The second kappa shape index (κ2) is 8.35. The van der Waals surface area contributed by atoms with Crippen LogP contribution in [0.5, 0.6) is 5.75 Å². The number of ether oxygens (including phenoxy) is 2. The van der Waals surface area contributed by atoms with Gasteiger partial charge in [0, 0.05) is 6.54 Å². The summed E-state index contributed by atoms with van der Waals surface area (Å²) in [6.45, 7) is 4.75. The van der Waals surface area contributed by atoms with Crippen molar-refractivity contribution in [1.82, 2.24) is 5.32 Å². The van der Waals surface area contributed by atoms with Gasteiger partial charge in [0.05, 0.1) is 6.61 Å². The van der Waals surface area contributed by atoms with Gasteiger partial charge in [-0.1, -0.05) is 49.4 Å². The number of benzene rings is 2. The standard InChI is InChI=1S/C17H21NO2/c1-2-18-12-16-9-6-10-17(11-16)20-14-19-13-15-7-4-3-5-8-15/h3-11,18H,2,12-14H2,1H3. The van der Waals surface area contributed by atoms with Gasteiger partial charge in [-0.3, -0.25) is 0 Å². The molecule has 20 heavy (non-hydrogen) atoms. The first-order valence-corrected chi connectivity index (χ1v) is 6.92. The molecule has 2 rings (SSSR count). The zero-order chi connectivity index (χ0) is 14.0. The highest BCUT2D eigenvalue weighted by atomic mass is 16.7. The van der Waals surface area contributed by atoms with E-state index < -0.39 is 0 Å². The van der Waals surface area contributed by atoms with Crippen molar-refractivity contribution in [3.63, 3.8) is 0 Å². The minimum absolute atomic E-state index is 0.263. The Hall–Kier alpha value is -1.84. The highest BCUT2D eigenvalue weighted by molar-refractivity contribution is 5.28. The van der Waals surface area contributed by atoms with Crippen LogP contribution in [-0.4, -0.2) is 13.3 Å². The number of hydrogen-bond acceptors (Lipinski definition) is 3. The van der Waals surface area contributed by atoms with Crippen molar-refractivity contribution in [2.75, 3.05) is 13.3 Å². The van der Waals surface area contributed by atoms with E-state index in [1.165, 1.54) is 5.56 Å². The van der Waals surface area contributed by atoms with Gasteiger partial charge in [-0.2, -0.15) is 0 Å². The van der Waals surface area contributed by atoms with E-state index in [0.717, 1.165) is 24.4 Å². The van der Waals surface area contributed by atoms with E-state index in [9.17, 15) is 0 Å². The van der Waals surface area contributed by atoms with Crippen molar-refractivity contribution < 1.29 is 9.47 Å². The van der Waals surface area contributed by atoms with Crippen LogP contribution in [0.3, 0.4) is 0 Å². The van der Waals surface area contributed by atoms with Crippen LogP contribution in [0.2, 0.25) is 0 Å². The van der Waals surface area contributed by atoms with E-state index in [2.05, 4.69) is 18.3 Å². The van der Waals surface area contributed by atoms with Crippen LogP contribution in [0.15, 0.2) is 54.6 Å². The van der Waals surface area contributed by atoms with Gasteiger partial charge in [-0.25, -0.2) is 0 Å². The van der Waals surface area contributed by atoms with Crippen LogP contribution in [-0.2, 0) is 17.9 Å². The quantitative estimate of drug-likeness (QED) is 0.590. The molecular formula is C17H21NO2. The lowest BCUT2D eigenvalue weighted by molar-refractivity contribution is 0.00501. The highest BCUT2D eigenvalue weighted by Crippen LogP contribution is 2.13. The number of rotatable bonds is 8. The summed E-state index contributed by atoms with van der Waals surface area (Å²) in [6, 6.07) is 18.1. The molecule has 0 amide bonds. The predicted molar refractivity (Wildman–Crippen MR) is 80.5 cm³/mol. The van der Waals surface area contributed by atoms with Gasteiger partial charge in [0.15, 0.2) is 6.79 Å². The lowest BCUT2D eigenvalue weighted by Gasteiger charge is -2.09. The Balaban J connectivity index is 1.73. The van der Waals surface area contributed by atoms with Crippen LogP contribution in [0.25, 0.3) is 0 Å². The molecule has 0 bridgehead atoms. The van der Waals surface area contributed by atoms with E-state index in [-0.39, 0.29) is 6.79 Å². The Labute approximate surface area is 120 Å². The van der Waals surface area contributed by atoms with Crippen LogP contribution in [0, 0.1) is 0 Å². The molecule has 3 nitrogen and oxygen atoms in total. The summed E-state index contributed by atoms with van der Waals surface area (Å²) >= 11 is 0. The first kappa shape index (κ1) is 14.6. The summed E-state index contributed by atoms with van der Waals surface area (Å²) in [4.78, 5) is 0. The van der Waals surface area contributed by atoms with Gasteiger partial charge in [0.2, 0.25) is 0 Å². The Morgan fingerprint density at radius 2 is 1.75 bits per heavy atom. The van der Waals surface area contributed by atoms with Crippen molar-refractivity contribution in [3.8, 4) is 5.75 Å². The molecule has 2 aromatic carbocycles. The lowest BCUT2D eigenvalue weighted by atomic mass is 10.2. The van der Waals surface area contributed by atoms with Crippen LogP contribution in [0.4, 0.5) is 0 Å². The monoisotopic (exact) mass is 271 g/mol. The maximum atomic E-state index is 5.60. The van der Waals surface area contributed by atoms with Gasteiger partial charge in [-0.15, -0.1) is 0 Å². The van der Waals surface area contributed by atoms with Crippen LogP contribution >= 0.6 is 0 Å². The smallest absolute Gasteiger partial charge is 0.189 e. The van der Waals surface area contributed by atoms with Crippen molar-refractivity contribution >= 4 is 0 Å². The molecule has 106 valence electrons. The summed E-state index contributed by atoms with van der Waals surface area (Å²) in [5.74, 6) is 0.841. The average molecular weight is 271 g/mol. The molecule has 3 heteroatoms. The molecule has 0 aliphatic heterocycles. The molecule has 0 radical (unpaired) electrons. The molecule has 0 aromatic heterocycles. The molecular weight excluding hydrogens is 250 g/mol. The first-order chi connectivity index (χ1) is 9.88. The lowest BCUT2D eigenvalue weighted by Crippen LogP contribution is -2.11. The largest absolute Gasteiger partial charge is 0.468 e. The Morgan fingerprint density at radius 3 is 2.55 bits per heavy atom. The first-order valence-electron chi connectivity index (χ1n) is 6.92. The second-order valence-electron chi connectivity index (χ2n) is 4.52. The van der Waals surface area contributed by atoms with Crippen molar-refractivity contribution in [2.24, 2.45) is 0 Å². The Morgan fingerprint density at radius 1 is 0.950 bits per heavy atom. The maximum Gasteiger partial charge on any atom is 0.189 e. The van der Waals surface area contributed by atoms with E-state index in [4.69, 9.17) is 9.47 Å². The van der Waals surface area contributed by atoms with Crippen molar-refractivity contribution in [3.05, 3.63) is 65.7 Å². The molecule has 2 aromatic rings. The Bertz CT molecular complexity index is 499. The van der Waals surface area contributed by atoms with E-state index in [0.29, 0.717) is 6.61 Å². The average Bonchev–Trinajstić information content (AvgIpc) is 2.51. The summed E-state index contributed by atoms with van der Waals surface area (Å²) in [5.41, 5.74) is 2.37. The molecule has 0 aliphatic carbocycles. The molecule has 0 unspecified atom stereocenters. The van der Waals surface area contributed by atoms with Gasteiger partial charge in [0.1, 0.15) is 5.75 Å². The third-order valence-corrected chi connectivity index (χ3v) is 2.90. The fourth-order valence-corrected chi connectivity index (χ4v) is 1.86. The number of nitrogens with one attached hydrogen (secondary N) is 1. The van der Waals surface area contributed by atoms with Crippen molar-refractivity contribution in [2.45, 2.75) is 20.1 Å². The van der Waals surface area contributed by atoms with Gasteiger partial charge >= 0.3 is 0 Å². The minimum atomic E-state index is 0.263. The van der Waals surface area contributed by atoms with E-state index in [1.54, 1.807) is 0 Å². The Kier molecular flexibility index (Phi) is 6.08. The molecule has 0 saturated heterocycles. The fourth-order valence-electron chi connectivity index (χ4n) is 1.86. The zero-order valence-corrected chi connectivity index (χ0v) is 11.8. The summed E-state index contributed by atoms with van der Waals surface area (Å²) in [7, 11) is 0. The molecule has 0 spiro atoms. The highest BCUT2D eigenvalue weighted by Gasteiger charge is 1.97. The minimum Gasteiger partial charge on any atom is -0.468 e. The van der Waals surface area contributed by atoms with Crippen LogP contribution < -0.4 is 10.1 Å². The van der Waals surface area contributed by atoms with Gasteiger partial charge in [-0.05, 0) is 29.8 Å². The summed E-state index contributed by atoms with van der Waals surface area (Å²) in [5, 5.41) is 3.29.